The first-order chi connectivity index (χ1) is 10.7. The Labute approximate surface area is 135 Å². The molecule has 0 spiro atoms. The van der Waals surface area contributed by atoms with Gasteiger partial charge in [0.25, 0.3) is 0 Å². The van der Waals surface area contributed by atoms with Crippen molar-refractivity contribution in [3.8, 4) is 0 Å². The van der Waals surface area contributed by atoms with Gasteiger partial charge < -0.3 is 15.5 Å². The smallest absolute Gasteiger partial charge is 0.191 e. The van der Waals surface area contributed by atoms with Gasteiger partial charge in [-0.15, -0.1) is 0 Å². The van der Waals surface area contributed by atoms with Crippen LogP contribution < -0.4 is 10.6 Å². The van der Waals surface area contributed by atoms with Crippen molar-refractivity contribution in [3.63, 3.8) is 0 Å². The van der Waals surface area contributed by atoms with Gasteiger partial charge in [-0.2, -0.15) is 0 Å². The van der Waals surface area contributed by atoms with E-state index in [9.17, 15) is 0 Å². The lowest BCUT2D eigenvalue weighted by Crippen LogP contribution is -2.42. The molecule has 1 aliphatic rings. The number of nitrogens with one attached hydrogen (secondary N) is 2. The average Bonchev–Trinajstić information content (AvgIpc) is 2.53. The van der Waals surface area contributed by atoms with E-state index in [0.717, 1.165) is 31.5 Å². The highest BCUT2D eigenvalue weighted by atomic mass is 15.2. The third kappa shape index (κ3) is 5.34. The molecule has 1 heterocycles. The molecule has 1 aliphatic heterocycles. The zero-order valence-corrected chi connectivity index (χ0v) is 14.2. The van der Waals surface area contributed by atoms with E-state index in [4.69, 9.17) is 4.99 Å². The summed E-state index contributed by atoms with van der Waals surface area (Å²) in [6.45, 7) is 9.33. The maximum absolute atomic E-state index is 4.73. The Hall–Kier alpha value is -1.55. The molecule has 1 aromatic rings. The van der Waals surface area contributed by atoms with Crippen LogP contribution in [-0.4, -0.2) is 44.1 Å². The maximum atomic E-state index is 4.73. The van der Waals surface area contributed by atoms with Crippen molar-refractivity contribution >= 4 is 5.96 Å². The highest BCUT2D eigenvalue weighted by molar-refractivity contribution is 5.79. The molecule has 4 nitrogen and oxygen atoms in total. The molecular weight excluding hydrogens is 272 g/mol. The van der Waals surface area contributed by atoms with E-state index in [-0.39, 0.29) is 0 Å². The van der Waals surface area contributed by atoms with Gasteiger partial charge in [-0.3, -0.25) is 0 Å². The summed E-state index contributed by atoms with van der Waals surface area (Å²) in [5, 5.41) is 6.86. The highest BCUT2D eigenvalue weighted by Crippen LogP contribution is 2.14. The molecule has 2 N–H and O–H groups in total. The molecule has 4 heteroatoms. The minimum Gasteiger partial charge on any atom is -0.357 e. The van der Waals surface area contributed by atoms with Crippen LogP contribution in [0.15, 0.2) is 29.3 Å². The third-order valence-corrected chi connectivity index (χ3v) is 4.41. The van der Waals surface area contributed by atoms with Crippen molar-refractivity contribution in [1.82, 2.24) is 15.5 Å². The second kappa shape index (κ2) is 8.79. The van der Waals surface area contributed by atoms with Crippen LogP contribution in [0.3, 0.4) is 0 Å². The van der Waals surface area contributed by atoms with Crippen molar-refractivity contribution < 1.29 is 0 Å². The summed E-state index contributed by atoms with van der Waals surface area (Å²) in [6, 6.07) is 8.45. The van der Waals surface area contributed by atoms with Crippen LogP contribution in [-0.2, 0) is 6.54 Å². The van der Waals surface area contributed by atoms with Crippen molar-refractivity contribution in [1.29, 1.82) is 0 Å². The van der Waals surface area contributed by atoms with Crippen molar-refractivity contribution in [2.75, 3.05) is 33.2 Å². The van der Waals surface area contributed by atoms with Crippen LogP contribution >= 0.6 is 0 Å². The second-order valence-corrected chi connectivity index (χ2v) is 6.25. The van der Waals surface area contributed by atoms with Crippen LogP contribution in [0.2, 0.25) is 0 Å². The predicted molar refractivity (Wildman–Crippen MR) is 94.2 cm³/mol. The lowest BCUT2D eigenvalue weighted by atomic mass is 9.97. The molecule has 0 atom stereocenters. The Balaban J connectivity index is 1.86. The monoisotopic (exact) mass is 302 g/mol. The Morgan fingerprint density at radius 2 is 1.95 bits per heavy atom. The van der Waals surface area contributed by atoms with Gasteiger partial charge in [-0.25, -0.2) is 4.99 Å². The molecule has 1 aromatic carbocycles. The van der Waals surface area contributed by atoms with Crippen LogP contribution in [0.5, 0.6) is 0 Å². The summed E-state index contributed by atoms with van der Waals surface area (Å²) >= 11 is 0. The lowest BCUT2D eigenvalue weighted by Gasteiger charge is -2.29. The third-order valence-electron chi connectivity index (χ3n) is 4.41. The number of aryl methyl sites for hydroxylation is 1. The first-order valence-corrected chi connectivity index (χ1v) is 8.44. The normalized spacial score (nSPS) is 17.5. The second-order valence-electron chi connectivity index (χ2n) is 6.25. The number of benzene rings is 1. The van der Waals surface area contributed by atoms with Gasteiger partial charge in [0.15, 0.2) is 5.96 Å². The summed E-state index contributed by atoms with van der Waals surface area (Å²) in [5.41, 5.74) is 2.59. The van der Waals surface area contributed by atoms with Gasteiger partial charge in [-0.05, 0) is 63.9 Å². The number of rotatable bonds is 5. The zero-order valence-electron chi connectivity index (χ0n) is 14.2. The topological polar surface area (TPSA) is 39.7 Å². The maximum Gasteiger partial charge on any atom is 0.191 e. The van der Waals surface area contributed by atoms with E-state index >= 15 is 0 Å². The van der Waals surface area contributed by atoms with Crippen LogP contribution in [0.4, 0.5) is 0 Å². The van der Waals surface area contributed by atoms with Crippen molar-refractivity contribution in [2.45, 2.75) is 33.2 Å². The molecule has 2 rings (SSSR count). The largest absolute Gasteiger partial charge is 0.357 e. The molecule has 122 valence electrons. The SMILES string of the molecule is CCNC(=NCc1ccccc1C)NCC1CCN(C)CC1. The fourth-order valence-corrected chi connectivity index (χ4v) is 2.80. The number of piperidine rings is 1. The lowest BCUT2D eigenvalue weighted by molar-refractivity contribution is 0.220. The molecule has 0 unspecified atom stereocenters. The van der Waals surface area contributed by atoms with Gasteiger partial charge in [0, 0.05) is 13.1 Å². The van der Waals surface area contributed by atoms with E-state index in [1.807, 2.05) is 0 Å². The number of aliphatic imine (C=N–C) groups is 1. The Bertz CT molecular complexity index is 476. The van der Waals surface area contributed by atoms with Crippen LogP contribution in [0.25, 0.3) is 0 Å². The molecule has 0 aromatic heterocycles. The summed E-state index contributed by atoms with van der Waals surface area (Å²) in [6.07, 6.45) is 2.56. The predicted octanol–water partition coefficient (Wildman–Crippen LogP) is 2.39. The van der Waals surface area contributed by atoms with E-state index in [2.05, 4.69) is 60.7 Å². The number of hydrogen-bond acceptors (Lipinski definition) is 2. The van der Waals surface area contributed by atoms with Gasteiger partial charge in [0.2, 0.25) is 0 Å². The Morgan fingerprint density at radius 1 is 1.23 bits per heavy atom. The highest BCUT2D eigenvalue weighted by Gasteiger charge is 2.16. The van der Waals surface area contributed by atoms with Crippen LogP contribution in [0.1, 0.15) is 30.9 Å². The molecule has 1 saturated heterocycles. The van der Waals surface area contributed by atoms with Crippen molar-refractivity contribution in [3.05, 3.63) is 35.4 Å². The van der Waals surface area contributed by atoms with E-state index < -0.39 is 0 Å². The van der Waals surface area contributed by atoms with Crippen LogP contribution in [0, 0.1) is 12.8 Å². The molecule has 0 saturated carbocycles. The summed E-state index contributed by atoms with van der Waals surface area (Å²) in [4.78, 5) is 7.14. The minimum atomic E-state index is 0.732. The zero-order chi connectivity index (χ0) is 15.8. The van der Waals surface area contributed by atoms with Gasteiger partial charge in [0.1, 0.15) is 0 Å². The molecule has 0 bridgehead atoms. The molecule has 0 amide bonds. The van der Waals surface area contributed by atoms with Gasteiger partial charge >= 0.3 is 0 Å². The number of likely N-dealkylation sites (tertiary alicyclic amines) is 1. The fourth-order valence-electron chi connectivity index (χ4n) is 2.80. The molecule has 0 aliphatic carbocycles. The number of guanidine groups is 1. The van der Waals surface area contributed by atoms with Gasteiger partial charge in [0.05, 0.1) is 6.54 Å². The van der Waals surface area contributed by atoms with E-state index in [0.29, 0.717) is 0 Å². The Kier molecular flexibility index (Phi) is 6.72. The fraction of sp³-hybridized carbons (Fsp3) is 0.611. The number of nitrogens with zero attached hydrogens (tertiary/aromatic N) is 2. The van der Waals surface area contributed by atoms with Gasteiger partial charge in [-0.1, -0.05) is 24.3 Å². The van der Waals surface area contributed by atoms with E-state index in [1.165, 1.54) is 37.1 Å². The molecule has 22 heavy (non-hydrogen) atoms. The first-order valence-electron chi connectivity index (χ1n) is 8.44. The van der Waals surface area contributed by atoms with Crippen molar-refractivity contribution in [2.24, 2.45) is 10.9 Å². The standard InChI is InChI=1S/C18H30N4/c1-4-19-18(20-13-16-9-11-22(3)12-10-16)21-14-17-8-6-5-7-15(17)2/h5-8,16H,4,9-14H2,1-3H3,(H2,19,20,21). The molecular formula is C18H30N4. The van der Waals surface area contributed by atoms with E-state index in [1.54, 1.807) is 0 Å². The Morgan fingerprint density at radius 3 is 2.64 bits per heavy atom. The summed E-state index contributed by atoms with van der Waals surface area (Å²) in [7, 11) is 2.21. The minimum absolute atomic E-state index is 0.732. The summed E-state index contributed by atoms with van der Waals surface area (Å²) < 4.78 is 0. The summed E-state index contributed by atoms with van der Waals surface area (Å²) in [5.74, 6) is 1.70. The number of hydrogen-bond donors (Lipinski definition) is 2. The molecule has 0 radical (unpaired) electrons. The average molecular weight is 302 g/mol. The quantitative estimate of drug-likeness (QED) is 0.648. The molecule has 1 fully saturated rings. The first kappa shape index (κ1) is 16.8.